The van der Waals surface area contributed by atoms with E-state index < -0.39 is 7.60 Å². The lowest BCUT2D eigenvalue weighted by molar-refractivity contribution is 0.383. The first-order valence-electron chi connectivity index (χ1n) is 4.43. The van der Waals surface area contributed by atoms with Crippen molar-refractivity contribution in [3.63, 3.8) is 0 Å². The van der Waals surface area contributed by atoms with Gasteiger partial charge in [-0.05, 0) is 6.07 Å². The molecule has 0 saturated heterocycles. The summed E-state index contributed by atoms with van der Waals surface area (Å²) in [5.74, 6) is 0.361. The molecule has 0 bridgehead atoms. The van der Waals surface area contributed by atoms with Gasteiger partial charge in [-0.3, -0.25) is 0 Å². The molecule has 0 fully saturated rings. The van der Waals surface area contributed by atoms with Crippen LogP contribution in [0.4, 0.5) is 0 Å². The van der Waals surface area contributed by atoms with Crippen LogP contribution >= 0.6 is 7.60 Å². The Kier molecular flexibility index (Phi) is 3.89. The van der Waals surface area contributed by atoms with Gasteiger partial charge in [0.1, 0.15) is 5.75 Å². The first kappa shape index (κ1) is 11.8. The zero-order chi connectivity index (χ0) is 11.3. The maximum Gasteiger partial charge on any atom is 0.380 e. The number of hydrogen-bond donors (Lipinski definition) is 1. The van der Waals surface area contributed by atoms with E-state index in [1.54, 1.807) is 30.3 Å². The summed E-state index contributed by atoms with van der Waals surface area (Å²) < 4.78 is 16.5. The third-order valence-electron chi connectivity index (χ3n) is 1.74. The number of rotatable bonds is 5. The maximum atomic E-state index is 11.5. The monoisotopic (exact) mass is 224 g/mol. The van der Waals surface area contributed by atoms with E-state index in [-0.39, 0.29) is 6.16 Å². The fraction of sp³-hybridized carbons (Fsp3) is 0.0909. The summed E-state index contributed by atoms with van der Waals surface area (Å²) in [6.07, 6.45) is 2.86. The van der Waals surface area contributed by atoms with Crippen LogP contribution in [0.15, 0.2) is 43.5 Å². The van der Waals surface area contributed by atoms with Crippen molar-refractivity contribution in [2.45, 2.75) is 0 Å². The van der Waals surface area contributed by atoms with E-state index >= 15 is 0 Å². The van der Waals surface area contributed by atoms with Gasteiger partial charge in [0.15, 0.2) is 0 Å². The first-order valence-corrected chi connectivity index (χ1v) is 6.19. The van der Waals surface area contributed by atoms with Gasteiger partial charge in [0.05, 0.1) is 6.16 Å². The van der Waals surface area contributed by atoms with Crippen molar-refractivity contribution in [2.24, 2.45) is 0 Å². The lowest BCUT2D eigenvalue weighted by atomic mass is 10.2. The van der Waals surface area contributed by atoms with E-state index in [4.69, 9.17) is 4.52 Å². The minimum absolute atomic E-state index is 0.0710. The average molecular weight is 224 g/mol. The second kappa shape index (κ2) is 4.96. The molecule has 3 nitrogen and oxygen atoms in total. The molecule has 1 rings (SSSR count). The van der Waals surface area contributed by atoms with Crippen LogP contribution in [0.3, 0.4) is 0 Å². The van der Waals surface area contributed by atoms with Gasteiger partial charge in [-0.2, -0.15) is 0 Å². The molecule has 0 aliphatic carbocycles. The Hall–Kier alpha value is -1.31. The fourth-order valence-electron chi connectivity index (χ4n) is 1.09. The number of benzene rings is 1. The smallest absolute Gasteiger partial charge is 0.380 e. The summed E-state index contributed by atoms with van der Waals surface area (Å²) in [6, 6.07) is 6.93. The SMILES string of the molecule is C=CCP(=O)(O)Oc1ccccc1C=C. The van der Waals surface area contributed by atoms with Gasteiger partial charge >= 0.3 is 7.60 Å². The van der Waals surface area contributed by atoms with Gasteiger partial charge in [-0.15, -0.1) is 6.58 Å². The van der Waals surface area contributed by atoms with E-state index in [1.807, 2.05) is 0 Å². The minimum atomic E-state index is -3.62. The number of allylic oxidation sites excluding steroid dienone is 1. The highest BCUT2D eigenvalue weighted by molar-refractivity contribution is 7.53. The molecule has 1 N–H and O–H groups in total. The van der Waals surface area contributed by atoms with Crippen LogP contribution in [0.2, 0.25) is 0 Å². The Morgan fingerprint density at radius 1 is 1.40 bits per heavy atom. The van der Waals surface area contributed by atoms with Crippen molar-refractivity contribution in [3.8, 4) is 5.75 Å². The molecule has 1 aromatic rings. The third-order valence-corrected chi connectivity index (χ3v) is 2.94. The quantitative estimate of drug-likeness (QED) is 0.617. The molecule has 0 aliphatic heterocycles. The highest BCUT2D eigenvalue weighted by Gasteiger charge is 2.19. The highest BCUT2D eigenvalue weighted by atomic mass is 31.2. The van der Waals surface area contributed by atoms with Crippen LogP contribution in [-0.4, -0.2) is 11.1 Å². The summed E-state index contributed by atoms with van der Waals surface area (Å²) in [5.41, 5.74) is 0.691. The van der Waals surface area contributed by atoms with Gasteiger partial charge in [0.25, 0.3) is 0 Å². The largest absolute Gasteiger partial charge is 0.424 e. The second-order valence-electron chi connectivity index (χ2n) is 2.94. The molecule has 0 heterocycles. The third kappa shape index (κ3) is 3.39. The number of para-hydroxylation sites is 1. The highest BCUT2D eigenvalue weighted by Crippen LogP contribution is 2.43. The van der Waals surface area contributed by atoms with Gasteiger partial charge in [0.2, 0.25) is 0 Å². The van der Waals surface area contributed by atoms with E-state index in [0.717, 1.165) is 0 Å². The second-order valence-corrected chi connectivity index (χ2v) is 4.76. The maximum absolute atomic E-state index is 11.5. The summed E-state index contributed by atoms with van der Waals surface area (Å²) in [4.78, 5) is 9.42. The standard InChI is InChI=1S/C11H13O3P/c1-3-9-15(12,13)14-11-8-6-5-7-10(11)4-2/h3-8H,1-2,9H2,(H,12,13). The zero-order valence-electron chi connectivity index (χ0n) is 8.30. The molecule has 0 aliphatic rings. The van der Waals surface area contributed by atoms with Crippen molar-refractivity contribution < 1.29 is 14.0 Å². The molecule has 0 amide bonds. The predicted octanol–water partition coefficient (Wildman–Crippen LogP) is 3.08. The van der Waals surface area contributed by atoms with Crippen molar-refractivity contribution in [1.82, 2.24) is 0 Å². The number of hydrogen-bond acceptors (Lipinski definition) is 2. The first-order chi connectivity index (χ1) is 7.09. The van der Waals surface area contributed by atoms with Gasteiger partial charge in [-0.1, -0.05) is 36.9 Å². The van der Waals surface area contributed by atoms with Crippen LogP contribution in [0, 0.1) is 0 Å². The summed E-state index contributed by atoms with van der Waals surface area (Å²) in [7, 11) is -3.62. The Morgan fingerprint density at radius 2 is 2.07 bits per heavy atom. The summed E-state index contributed by atoms with van der Waals surface area (Å²) in [6.45, 7) is 6.99. The van der Waals surface area contributed by atoms with E-state index in [2.05, 4.69) is 13.2 Å². The predicted molar refractivity (Wildman–Crippen MR) is 62.1 cm³/mol. The molecule has 0 aromatic heterocycles. The van der Waals surface area contributed by atoms with E-state index in [9.17, 15) is 9.46 Å². The summed E-state index contributed by atoms with van der Waals surface area (Å²) >= 11 is 0. The van der Waals surface area contributed by atoms with Crippen molar-refractivity contribution in [3.05, 3.63) is 49.1 Å². The van der Waals surface area contributed by atoms with Crippen LogP contribution in [0.1, 0.15) is 5.56 Å². The van der Waals surface area contributed by atoms with Crippen LogP contribution in [-0.2, 0) is 4.57 Å². The van der Waals surface area contributed by atoms with Gasteiger partial charge in [0, 0.05) is 5.56 Å². The Morgan fingerprint density at radius 3 is 2.67 bits per heavy atom. The Bertz CT molecular complexity index is 412. The Balaban J connectivity index is 2.93. The summed E-state index contributed by atoms with van der Waals surface area (Å²) in [5, 5.41) is 0. The van der Waals surface area contributed by atoms with E-state index in [0.29, 0.717) is 11.3 Å². The van der Waals surface area contributed by atoms with Crippen LogP contribution in [0.25, 0.3) is 6.08 Å². The molecule has 15 heavy (non-hydrogen) atoms. The average Bonchev–Trinajstić information content (AvgIpc) is 2.17. The molecule has 0 spiro atoms. The lowest BCUT2D eigenvalue weighted by Crippen LogP contribution is -1.96. The lowest BCUT2D eigenvalue weighted by Gasteiger charge is -2.13. The molecule has 80 valence electrons. The van der Waals surface area contributed by atoms with Gasteiger partial charge < -0.3 is 9.42 Å². The molecule has 1 unspecified atom stereocenters. The van der Waals surface area contributed by atoms with Crippen LogP contribution < -0.4 is 4.52 Å². The molecule has 4 heteroatoms. The normalized spacial score (nSPS) is 13.9. The van der Waals surface area contributed by atoms with E-state index in [1.165, 1.54) is 6.08 Å². The topological polar surface area (TPSA) is 46.5 Å². The zero-order valence-corrected chi connectivity index (χ0v) is 9.19. The fourth-order valence-corrected chi connectivity index (χ4v) is 1.96. The van der Waals surface area contributed by atoms with Gasteiger partial charge in [-0.25, -0.2) is 4.57 Å². The van der Waals surface area contributed by atoms with Crippen molar-refractivity contribution in [1.29, 1.82) is 0 Å². The molecular weight excluding hydrogens is 211 g/mol. The molecule has 1 aromatic carbocycles. The van der Waals surface area contributed by atoms with Crippen molar-refractivity contribution in [2.75, 3.05) is 6.16 Å². The van der Waals surface area contributed by atoms with Crippen LogP contribution in [0.5, 0.6) is 5.75 Å². The molecule has 0 saturated carbocycles. The Labute approximate surface area is 89.2 Å². The minimum Gasteiger partial charge on any atom is -0.424 e. The molecule has 0 radical (unpaired) electrons. The molecular formula is C11H13O3P. The molecule has 1 atom stereocenters. The van der Waals surface area contributed by atoms with Crippen molar-refractivity contribution >= 4 is 13.7 Å².